The number of carbonyl (C=O) groups excluding carboxylic acids is 1. The molecular formula is C10H6Br2OS. The van der Waals surface area contributed by atoms with Gasteiger partial charge in [0.25, 0.3) is 0 Å². The van der Waals surface area contributed by atoms with E-state index in [1.54, 1.807) is 11.3 Å². The molecule has 0 saturated carbocycles. The predicted octanol–water partition coefficient (Wildman–Crippen LogP) is 4.37. The van der Waals surface area contributed by atoms with Gasteiger partial charge in [0, 0.05) is 24.9 Å². The fourth-order valence-corrected chi connectivity index (χ4v) is 3.19. The van der Waals surface area contributed by atoms with E-state index < -0.39 is 0 Å². The second-order valence-electron chi connectivity index (χ2n) is 2.88. The Morgan fingerprint density at radius 3 is 2.79 bits per heavy atom. The minimum atomic E-state index is 0.709. The topological polar surface area (TPSA) is 17.1 Å². The number of fused-ring (bicyclic) bond motifs is 1. The minimum absolute atomic E-state index is 0.709. The molecule has 72 valence electrons. The van der Waals surface area contributed by atoms with E-state index in [2.05, 4.69) is 37.9 Å². The molecule has 14 heavy (non-hydrogen) atoms. The van der Waals surface area contributed by atoms with Gasteiger partial charge in [-0.25, -0.2) is 0 Å². The molecule has 0 saturated heterocycles. The van der Waals surface area contributed by atoms with Crippen LogP contribution in [0, 0.1) is 0 Å². The summed E-state index contributed by atoms with van der Waals surface area (Å²) in [5.74, 6) is 0. The molecule has 1 heterocycles. The highest BCUT2D eigenvalue weighted by molar-refractivity contribution is 9.10. The summed E-state index contributed by atoms with van der Waals surface area (Å²) in [5.41, 5.74) is 0.709. The fourth-order valence-electron chi connectivity index (χ4n) is 1.29. The minimum Gasteiger partial charge on any atom is -0.298 e. The lowest BCUT2D eigenvalue weighted by Crippen LogP contribution is -1.79. The third kappa shape index (κ3) is 1.78. The molecule has 1 nitrogen and oxygen atoms in total. The van der Waals surface area contributed by atoms with E-state index in [-0.39, 0.29) is 0 Å². The Morgan fingerprint density at radius 2 is 2.14 bits per heavy atom. The van der Waals surface area contributed by atoms with Gasteiger partial charge in [-0.05, 0) is 23.6 Å². The lowest BCUT2D eigenvalue weighted by molar-refractivity contribution is 0.112. The maximum Gasteiger partial charge on any atom is 0.151 e. The summed E-state index contributed by atoms with van der Waals surface area (Å²) < 4.78 is 2.02. The molecule has 0 unspecified atom stereocenters. The Balaban J connectivity index is 2.69. The molecule has 0 N–H and O–H groups in total. The van der Waals surface area contributed by atoms with Crippen molar-refractivity contribution in [2.24, 2.45) is 0 Å². The van der Waals surface area contributed by atoms with Gasteiger partial charge in [-0.1, -0.05) is 31.9 Å². The Hall–Kier alpha value is -0.190. The standard InChI is InChI=1S/C10H6Br2OS/c11-4-8-1-6-2-9(12)7(5-13)3-10(6)14-8/h1-3,5H,4H2. The maximum atomic E-state index is 10.7. The first kappa shape index (κ1) is 10.3. The first-order valence-electron chi connectivity index (χ1n) is 3.97. The molecule has 0 bridgehead atoms. The van der Waals surface area contributed by atoms with Crippen LogP contribution in [0.25, 0.3) is 10.1 Å². The Morgan fingerprint density at radius 1 is 1.36 bits per heavy atom. The molecule has 0 radical (unpaired) electrons. The van der Waals surface area contributed by atoms with Crippen molar-refractivity contribution in [2.45, 2.75) is 5.33 Å². The summed E-state index contributed by atoms with van der Waals surface area (Å²) in [6.45, 7) is 0. The van der Waals surface area contributed by atoms with Crippen LogP contribution >= 0.6 is 43.2 Å². The number of aldehydes is 1. The van der Waals surface area contributed by atoms with Crippen LogP contribution in [0.15, 0.2) is 22.7 Å². The van der Waals surface area contributed by atoms with Crippen molar-refractivity contribution in [1.82, 2.24) is 0 Å². The average Bonchev–Trinajstić information content (AvgIpc) is 2.58. The van der Waals surface area contributed by atoms with Crippen molar-refractivity contribution < 1.29 is 4.79 Å². The molecule has 4 heteroatoms. The van der Waals surface area contributed by atoms with Crippen molar-refractivity contribution in [3.63, 3.8) is 0 Å². The summed E-state index contributed by atoms with van der Waals surface area (Å²) in [5, 5.41) is 2.04. The van der Waals surface area contributed by atoms with Gasteiger partial charge in [0.05, 0.1) is 0 Å². The van der Waals surface area contributed by atoms with Crippen LogP contribution in [0.3, 0.4) is 0 Å². The Labute approximate surface area is 102 Å². The zero-order valence-electron chi connectivity index (χ0n) is 7.09. The van der Waals surface area contributed by atoms with Crippen LogP contribution < -0.4 is 0 Å². The molecular weight excluding hydrogens is 328 g/mol. The van der Waals surface area contributed by atoms with Crippen LogP contribution in [0.2, 0.25) is 0 Å². The number of benzene rings is 1. The van der Waals surface area contributed by atoms with Crippen molar-refractivity contribution in [3.05, 3.63) is 33.1 Å². The van der Waals surface area contributed by atoms with Crippen molar-refractivity contribution in [3.8, 4) is 0 Å². The van der Waals surface area contributed by atoms with Gasteiger partial charge in [-0.3, -0.25) is 4.79 Å². The number of halogens is 2. The van der Waals surface area contributed by atoms with E-state index >= 15 is 0 Å². The smallest absolute Gasteiger partial charge is 0.151 e. The summed E-state index contributed by atoms with van der Waals surface area (Å²) in [6.07, 6.45) is 0.872. The fraction of sp³-hybridized carbons (Fsp3) is 0.100. The number of carbonyl (C=O) groups is 1. The molecule has 1 aromatic carbocycles. The molecule has 2 rings (SSSR count). The van der Waals surface area contributed by atoms with Crippen molar-refractivity contribution in [1.29, 1.82) is 0 Å². The first-order chi connectivity index (χ1) is 6.74. The average molecular weight is 334 g/mol. The van der Waals surface area contributed by atoms with E-state index in [1.807, 2.05) is 12.1 Å². The van der Waals surface area contributed by atoms with Gasteiger partial charge in [0.2, 0.25) is 0 Å². The lowest BCUT2D eigenvalue weighted by atomic mass is 10.2. The second kappa shape index (κ2) is 4.13. The van der Waals surface area contributed by atoms with Crippen LogP contribution in [0.1, 0.15) is 15.2 Å². The quantitative estimate of drug-likeness (QED) is 0.589. The summed E-state index contributed by atoms with van der Waals surface area (Å²) in [4.78, 5) is 12.0. The summed E-state index contributed by atoms with van der Waals surface area (Å²) in [6, 6.07) is 6.04. The molecule has 0 aliphatic carbocycles. The van der Waals surface area contributed by atoms with Crippen LogP contribution in [0.5, 0.6) is 0 Å². The van der Waals surface area contributed by atoms with E-state index in [0.29, 0.717) is 5.56 Å². The Kier molecular flexibility index (Phi) is 3.04. The van der Waals surface area contributed by atoms with Crippen LogP contribution in [0.4, 0.5) is 0 Å². The number of thiophene rings is 1. The highest BCUT2D eigenvalue weighted by atomic mass is 79.9. The van der Waals surface area contributed by atoms with Gasteiger partial charge in [-0.15, -0.1) is 11.3 Å². The molecule has 1 aromatic heterocycles. The molecule has 0 aliphatic heterocycles. The SMILES string of the molecule is O=Cc1cc2sc(CBr)cc2cc1Br. The lowest BCUT2D eigenvalue weighted by Gasteiger charge is -1.95. The van der Waals surface area contributed by atoms with Gasteiger partial charge < -0.3 is 0 Å². The van der Waals surface area contributed by atoms with Gasteiger partial charge >= 0.3 is 0 Å². The highest BCUT2D eigenvalue weighted by Gasteiger charge is 2.05. The molecule has 0 aliphatic rings. The molecule has 2 aromatic rings. The monoisotopic (exact) mass is 332 g/mol. The van der Waals surface area contributed by atoms with Gasteiger partial charge in [0.15, 0.2) is 6.29 Å². The molecule has 0 spiro atoms. The Bertz CT molecular complexity index is 490. The van der Waals surface area contributed by atoms with Crippen LogP contribution in [-0.2, 0) is 5.33 Å². The van der Waals surface area contributed by atoms with E-state index in [4.69, 9.17) is 0 Å². The van der Waals surface area contributed by atoms with E-state index in [1.165, 1.54) is 10.3 Å². The molecule has 0 fully saturated rings. The zero-order valence-corrected chi connectivity index (χ0v) is 11.1. The normalized spacial score (nSPS) is 10.7. The van der Waals surface area contributed by atoms with Crippen molar-refractivity contribution >= 4 is 59.6 Å². The number of rotatable bonds is 2. The second-order valence-corrected chi connectivity index (χ2v) is 5.46. The summed E-state index contributed by atoms with van der Waals surface area (Å²) in [7, 11) is 0. The number of alkyl halides is 1. The number of hydrogen-bond donors (Lipinski definition) is 0. The van der Waals surface area contributed by atoms with Crippen LogP contribution in [-0.4, -0.2) is 6.29 Å². The van der Waals surface area contributed by atoms with Crippen molar-refractivity contribution in [2.75, 3.05) is 0 Å². The van der Waals surface area contributed by atoms with E-state index in [9.17, 15) is 4.79 Å². The highest BCUT2D eigenvalue weighted by Crippen LogP contribution is 2.31. The molecule has 0 atom stereocenters. The maximum absolute atomic E-state index is 10.7. The third-order valence-corrected chi connectivity index (χ3v) is 4.71. The van der Waals surface area contributed by atoms with Gasteiger partial charge in [0.1, 0.15) is 0 Å². The largest absolute Gasteiger partial charge is 0.298 e. The summed E-state index contributed by atoms with van der Waals surface area (Å²) >= 11 is 8.50. The first-order valence-corrected chi connectivity index (χ1v) is 6.71. The third-order valence-electron chi connectivity index (χ3n) is 1.95. The van der Waals surface area contributed by atoms with E-state index in [0.717, 1.165) is 20.8 Å². The number of hydrogen-bond acceptors (Lipinski definition) is 2. The zero-order chi connectivity index (χ0) is 10.1. The van der Waals surface area contributed by atoms with Gasteiger partial charge in [-0.2, -0.15) is 0 Å². The molecule has 0 amide bonds. The predicted molar refractivity (Wildman–Crippen MR) is 67.5 cm³/mol.